The summed E-state index contributed by atoms with van der Waals surface area (Å²) in [4.78, 5) is 24.2. The first kappa shape index (κ1) is 13.9. The van der Waals surface area contributed by atoms with Crippen molar-refractivity contribution in [1.29, 1.82) is 0 Å². The molecule has 0 radical (unpaired) electrons. The van der Waals surface area contributed by atoms with Crippen LogP contribution in [-0.2, 0) is 4.74 Å². The van der Waals surface area contributed by atoms with E-state index in [1.54, 1.807) is 13.8 Å². The molecule has 1 saturated carbocycles. The SMILES string of the molecule is CC(=O)c1cc(I)c(C2CC2)c2c1OC(C)(C)OC2=O. The first-order chi connectivity index (χ1) is 9.30. The first-order valence-electron chi connectivity index (χ1n) is 6.60. The van der Waals surface area contributed by atoms with Crippen molar-refractivity contribution in [3.8, 4) is 5.75 Å². The number of rotatable bonds is 2. The molecule has 0 amide bonds. The summed E-state index contributed by atoms with van der Waals surface area (Å²) in [6.45, 7) is 4.83. The summed E-state index contributed by atoms with van der Waals surface area (Å²) < 4.78 is 12.1. The van der Waals surface area contributed by atoms with Crippen LogP contribution in [0.2, 0.25) is 0 Å². The van der Waals surface area contributed by atoms with Crippen LogP contribution in [-0.4, -0.2) is 17.5 Å². The largest absolute Gasteiger partial charge is 0.451 e. The normalized spacial score (nSPS) is 19.9. The lowest BCUT2D eigenvalue weighted by molar-refractivity contribution is -0.127. The lowest BCUT2D eigenvalue weighted by Gasteiger charge is -2.34. The highest BCUT2D eigenvalue weighted by Crippen LogP contribution is 2.49. The van der Waals surface area contributed by atoms with Gasteiger partial charge in [0.05, 0.1) is 5.56 Å². The van der Waals surface area contributed by atoms with Crippen LogP contribution in [0.15, 0.2) is 6.07 Å². The molecule has 1 aliphatic heterocycles. The van der Waals surface area contributed by atoms with Crippen LogP contribution in [0.4, 0.5) is 0 Å². The molecular weight excluding hydrogens is 371 g/mol. The summed E-state index contributed by atoms with van der Waals surface area (Å²) in [7, 11) is 0. The van der Waals surface area contributed by atoms with Gasteiger partial charge in [-0.3, -0.25) is 4.79 Å². The van der Waals surface area contributed by atoms with Crippen molar-refractivity contribution >= 4 is 34.3 Å². The Bertz CT molecular complexity index is 629. The van der Waals surface area contributed by atoms with Crippen LogP contribution >= 0.6 is 22.6 Å². The van der Waals surface area contributed by atoms with E-state index < -0.39 is 5.79 Å². The molecule has 1 aliphatic carbocycles. The minimum atomic E-state index is -1.04. The number of hydrogen-bond acceptors (Lipinski definition) is 4. The van der Waals surface area contributed by atoms with Crippen LogP contribution in [0.25, 0.3) is 0 Å². The summed E-state index contributed by atoms with van der Waals surface area (Å²) in [6, 6.07) is 1.82. The third-order valence-corrected chi connectivity index (χ3v) is 4.42. The molecule has 2 aliphatic rings. The van der Waals surface area contributed by atoms with Gasteiger partial charge in [-0.15, -0.1) is 0 Å². The zero-order valence-corrected chi connectivity index (χ0v) is 13.7. The molecule has 1 aromatic rings. The van der Waals surface area contributed by atoms with Crippen LogP contribution < -0.4 is 4.74 Å². The van der Waals surface area contributed by atoms with Gasteiger partial charge in [0.15, 0.2) is 5.78 Å². The van der Waals surface area contributed by atoms with Crippen LogP contribution in [0.3, 0.4) is 0 Å². The predicted molar refractivity (Wildman–Crippen MR) is 81.3 cm³/mol. The molecule has 20 heavy (non-hydrogen) atoms. The lowest BCUT2D eigenvalue weighted by Crippen LogP contribution is -2.40. The number of carbonyl (C=O) groups is 2. The second-order valence-corrected chi connectivity index (χ2v) is 6.91. The van der Waals surface area contributed by atoms with E-state index in [0.717, 1.165) is 22.0 Å². The molecule has 5 heteroatoms. The molecule has 0 aromatic heterocycles. The second kappa shape index (κ2) is 4.44. The van der Waals surface area contributed by atoms with Crippen molar-refractivity contribution in [2.75, 3.05) is 0 Å². The van der Waals surface area contributed by atoms with Crippen molar-refractivity contribution in [2.24, 2.45) is 0 Å². The summed E-state index contributed by atoms with van der Waals surface area (Å²) in [6.07, 6.45) is 2.14. The highest BCUT2D eigenvalue weighted by Gasteiger charge is 2.41. The first-order valence-corrected chi connectivity index (χ1v) is 7.67. The number of Topliss-reactive ketones (excluding diaryl/α,β-unsaturated/α-hetero) is 1. The van der Waals surface area contributed by atoms with Gasteiger partial charge in [-0.1, -0.05) is 0 Å². The van der Waals surface area contributed by atoms with Gasteiger partial charge >= 0.3 is 5.97 Å². The van der Waals surface area contributed by atoms with Gasteiger partial charge in [0, 0.05) is 17.4 Å². The standard InChI is InChI=1S/C15H15IO4/c1-7(17)9-6-10(16)11(8-4-5-8)12-13(9)19-15(2,3)20-14(12)18/h6,8H,4-5H2,1-3H3. The highest BCUT2D eigenvalue weighted by atomic mass is 127. The highest BCUT2D eigenvalue weighted by molar-refractivity contribution is 14.1. The fourth-order valence-corrected chi connectivity index (χ4v) is 3.55. The van der Waals surface area contributed by atoms with Gasteiger partial charge in [-0.25, -0.2) is 4.79 Å². The van der Waals surface area contributed by atoms with Gasteiger partial charge in [0.1, 0.15) is 11.3 Å². The van der Waals surface area contributed by atoms with Crippen LogP contribution in [0, 0.1) is 3.57 Å². The average Bonchev–Trinajstić information content (AvgIpc) is 3.11. The smallest absolute Gasteiger partial charge is 0.345 e. The number of benzene rings is 1. The summed E-state index contributed by atoms with van der Waals surface area (Å²) in [5, 5.41) is 0. The summed E-state index contributed by atoms with van der Waals surface area (Å²) >= 11 is 2.18. The Morgan fingerprint density at radius 1 is 1.35 bits per heavy atom. The molecule has 0 bridgehead atoms. The Labute approximate surface area is 131 Å². The van der Waals surface area contributed by atoms with E-state index in [2.05, 4.69) is 22.6 Å². The van der Waals surface area contributed by atoms with Crippen molar-refractivity contribution in [3.63, 3.8) is 0 Å². The van der Waals surface area contributed by atoms with Crippen molar-refractivity contribution in [3.05, 3.63) is 26.3 Å². The lowest BCUT2D eigenvalue weighted by atomic mass is 9.96. The topological polar surface area (TPSA) is 52.6 Å². The number of fused-ring (bicyclic) bond motifs is 1. The van der Waals surface area contributed by atoms with Crippen molar-refractivity contribution in [2.45, 2.75) is 45.3 Å². The fourth-order valence-electron chi connectivity index (χ4n) is 2.53. The van der Waals surface area contributed by atoms with E-state index >= 15 is 0 Å². The molecule has 0 saturated heterocycles. The maximum absolute atomic E-state index is 12.4. The predicted octanol–water partition coefficient (Wildman–Crippen LogP) is 3.66. The van der Waals surface area contributed by atoms with E-state index in [9.17, 15) is 9.59 Å². The summed E-state index contributed by atoms with van der Waals surface area (Å²) in [5.74, 6) is -0.761. The van der Waals surface area contributed by atoms with Crippen molar-refractivity contribution in [1.82, 2.24) is 0 Å². The minimum Gasteiger partial charge on any atom is -0.451 e. The number of esters is 1. The molecule has 0 atom stereocenters. The van der Waals surface area contributed by atoms with E-state index in [4.69, 9.17) is 9.47 Å². The Balaban J connectivity index is 2.29. The Hall–Kier alpha value is -1.11. The average molecular weight is 386 g/mol. The molecular formula is C15H15IO4. The zero-order chi connectivity index (χ0) is 14.7. The van der Waals surface area contributed by atoms with E-state index in [1.165, 1.54) is 6.92 Å². The third kappa shape index (κ3) is 2.21. The molecule has 1 aromatic carbocycles. The Morgan fingerprint density at radius 2 is 2.00 bits per heavy atom. The number of hydrogen-bond donors (Lipinski definition) is 0. The molecule has 0 N–H and O–H groups in total. The minimum absolute atomic E-state index is 0.105. The van der Waals surface area contributed by atoms with Gasteiger partial charge in [-0.05, 0) is 59.9 Å². The number of ether oxygens (including phenoxy) is 2. The number of halogens is 1. The third-order valence-electron chi connectivity index (χ3n) is 3.52. The van der Waals surface area contributed by atoms with E-state index in [0.29, 0.717) is 22.8 Å². The molecule has 0 unspecified atom stereocenters. The molecule has 1 fully saturated rings. The quantitative estimate of drug-likeness (QED) is 0.442. The maximum atomic E-state index is 12.4. The van der Waals surface area contributed by atoms with E-state index in [1.807, 2.05) is 6.07 Å². The molecule has 0 spiro atoms. The fraction of sp³-hybridized carbons (Fsp3) is 0.467. The zero-order valence-electron chi connectivity index (χ0n) is 11.6. The van der Waals surface area contributed by atoms with Gasteiger partial charge in [0.2, 0.25) is 5.79 Å². The molecule has 4 nitrogen and oxygen atoms in total. The van der Waals surface area contributed by atoms with Gasteiger partial charge in [0.25, 0.3) is 0 Å². The van der Waals surface area contributed by atoms with Gasteiger partial charge < -0.3 is 9.47 Å². The second-order valence-electron chi connectivity index (χ2n) is 5.75. The molecule has 3 rings (SSSR count). The van der Waals surface area contributed by atoms with E-state index in [-0.39, 0.29) is 11.8 Å². The Kier molecular flexibility index (Phi) is 3.08. The van der Waals surface area contributed by atoms with Gasteiger partial charge in [-0.2, -0.15) is 0 Å². The molecule has 1 heterocycles. The van der Waals surface area contributed by atoms with Crippen LogP contribution in [0.1, 0.15) is 65.8 Å². The number of cyclic esters (lactones) is 1. The monoisotopic (exact) mass is 386 g/mol. The maximum Gasteiger partial charge on any atom is 0.345 e. The van der Waals surface area contributed by atoms with Crippen molar-refractivity contribution < 1.29 is 19.1 Å². The number of carbonyl (C=O) groups excluding carboxylic acids is 2. The summed E-state index contributed by atoms with van der Waals surface area (Å²) in [5.41, 5.74) is 1.88. The van der Waals surface area contributed by atoms with Crippen LogP contribution in [0.5, 0.6) is 5.75 Å². The number of ketones is 1. The molecule has 106 valence electrons. The Morgan fingerprint density at radius 3 is 2.55 bits per heavy atom.